The van der Waals surface area contributed by atoms with Gasteiger partial charge in [0, 0.05) is 32.8 Å². The minimum Gasteiger partial charge on any atom is -0.310 e. The molecule has 0 bridgehead atoms. The van der Waals surface area contributed by atoms with E-state index in [1.807, 2.05) is 48.5 Å². The van der Waals surface area contributed by atoms with Crippen LogP contribution in [0.2, 0.25) is 0 Å². The fourth-order valence-corrected chi connectivity index (χ4v) is 5.99. The van der Waals surface area contributed by atoms with Gasteiger partial charge in [0.1, 0.15) is 6.20 Å². The van der Waals surface area contributed by atoms with E-state index in [2.05, 4.69) is 64.3 Å². The molecule has 2 unspecified atom stereocenters. The summed E-state index contributed by atoms with van der Waals surface area (Å²) in [5.74, 6) is 0. The first-order valence-corrected chi connectivity index (χ1v) is 12.8. The van der Waals surface area contributed by atoms with Gasteiger partial charge in [0.2, 0.25) is 0 Å². The Morgan fingerprint density at radius 1 is 1.12 bits per heavy atom. The maximum atomic E-state index is 12.1. The van der Waals surface area contributed by atoms with E-state index in [-0.39, 0.29) is 21.3 Å². The molecular weight excluding hydrogens is 510 g/mol. The van der Waals surface area contributed by atoms with E-state index in [9.17, 15) is 10.1 Å². The van der Waals surface area contributed by atoms with E-state index in [1.165, 1.54) is 11.8 Å². The molecule has 2 heterocycles. The van der Waals surface area contributed by atoms with Crippen molar-refractivity contribution in [3.05, 3.63) is 110 Å². The zero-order chi connectivity index (χ0) is 23.9. The summed E-state index contributed by atoms with van der Waals surface area (Å²) in [6.07, 6.45) is 1.39. The lowest BCUT2D eigenvalue weighted by Gasteiger charge is -2.25. The molecule has 5 nitrogen and oxygen atoms in total. The van der Waals surface area contributed by atoms with Gasteiger partial charge in [-0.1, -0.05) is 72.2 Å². The minimum absolute atomic E-state index is 0.0286. The van der Waals surface area contributed by atoms with Gasteiger partial charge in [-0.2, -0.15) is 0 Å². The normalized spacial score (nSPS) is 16.4. The Balaban J connectivity index is 1.68. The van der Waals surface area contributed by atoms with Crippen LogP contribution in [0.5, 0.6) is 0 Å². The molecule has 7 heteroatoms. The van der Waals surface area contributed by atoms with Gasteiger partial charge in [-0.25, -0.2) is 4.98 Å². The van der Waals surface area contributed by atoms with Crippen LogP contribution in [0.3, 0.4) is 0 Å². The predicted octanol–water partition coefficient (Wildman–Crippen LogP) is 7.04. The molecule has 4 aromatic rings. The van der Waals surface area contributed by atoms with Crippen molar-refractivity contribution in [2.75, 3.05) is 6.54 Å². The van der Waals surface area contributed by atoms with Crippen molar-refractivity contribution in [3.8, 4) is 0 Å². The number of aromatic nitrogens is 1. The number of nitrogens with one attached hydrogen (secondary N) is 1. The monoisotopic (exact) mass is 533 g/mol. The largest absolute Gasteiger partial charge is 0.310 e. The first-order chi connectivity index (χ1) is 16.3. The SMILES string of the molecule is CC(C)(c1ccc(C(Sc2ccccc2)c2c([N+](=O)[O-])cnc3ccc(Br)cc23)cc1)C1CN1. The highest BCUT2D eigenvalue weighted by molar-refractivity contribution is 9.10. The van der Waals surface area contributed by atoms with Gasteiger partial charge >= 0.3 is 0 Å². The third-order valence-corrected chi connectivity index (χ3v) is 8.32. The summed E-state index contributed by atoms with van der Waals surface area (Å²) in [5, 5.41) is 16.1. The zero-order valence-corrected chi connectivity index (χ0v) is 21.3. The Hall–Kier alpha value is -2.74. The Bertz CT molecular complexity index is 1360. The molecule has 1 fully saturated rings. The van der Waals surface area contributed by atoms with Gasteiger partial charge in [0.25, 0.3) is 5.69 Å². The van der Waals surface area contributed by atoms with Gasteiger partial charge in [-0.05, 0) is 41.5 Å². The summed E-state index contributed by atoms with van der Waals surface area (Å²) < 4.78 is 0.862. The second-order valence-electron chi connectivity index (χ2n) is 9.09. The summed E-state index contributed by atoms with van der Waals surface area (Å²) in [6.45, 7) is 5.54. The van der Waals surface area contributed by atoms with Crippen LogP contribution < -0.4 is 5.32 Å². The van der Waals surface area contributed by atoms with Crippen molar-refractivity contribution in [2.45, 2.75) is 35.4 Å². The number of pyridine rings is 1. The van der Waals surface area contributed by atoms with Crippen LogP contribution >= 0.6 is 27.7 Å². The van der Waals surface area contributed by atoms with Crippen molar-refractivity contribution < 1.29 is 4.92 Å². The van der Waals surface area contributed by atoms with Crippen LogP contribution in [0.1, 0.15) is 35.8 Å². The standard InChI is InChI=1S/C27H24BrN3O2S/c1-27(2,24-16-30-24)18-10-8-17(9-11-18)26(34-20-6-4-3-5-7-20)25-21-14-19(28)12-13-22(21)29-15-23(25)31(32)33/h3-15,24,26,30H,16H2,1-2H3. The minimum atomic E-state index is -0.322. The average molecular weight is 534 g/mol. The number of benzene rings is 3. The molecule has 3 aromatic carbocycles. The van der Waals surface area contributed by atoms with Crippen LogP contribution in [-0.4, -0.2) is 22.5 Å². The Morgan fingerprint density at radius 2 is 1.82 bits per heavy atom. The summed E-state index contributed by atoms with van der Waals surface area (Å²) in [5.41, 5.74) is 3.74. The van der Waals surface area contributed by atoms with E-state index in [4.69, 9.17) is 0 Å². The first kappa shape index (κ1) is 23.0. The molecule has 0 radical (unpaired) electrons. The van der Waals surface area contributed by atoms with E-state index in [0.717, 1.165) is 32.4 Å². The highest BCUT2D eigenvalue weighted by Gasteiger charge is 2.38. The molecule has 1 saturated heterocycles. The van der Waals surface area contributed by atoms with E-state index < -0.39 is 0 Å². The van der Waals surface area contributed by atoms with Crippen molar-refractivity contribution in [1.29, 1.82) is 0 Å². The smallest absolute Gasteiger partial charge is 0.292 e. The van der Waals surface area contributed by atoms with E-state index >= 15 is 0 Å². The number of hydrogen-bond acceptors (Lipinski definition) is 5. The lowest BCUT2D eigenvalue weighted by Crippen LogP contribution is -2.26. The van der Waals surface area contributed by atoms with Crippen LogP contribution in [0.15, 0.2) is 88.4 Å². The van der Waals surface area contributed by atoms with E-state index in [1.54, 1.807) is 11.8 Å². The molecule has 1 N–H and O–H groups in total. The molecule has 34 heavy (non-hydrogen) atoms. The Labute approximate surface area is 211 Å². The number of hydrogen-bond donors (Lipinski definition) is 1. The topological polar surface area (TPSA) is 78.0 Å². The van der Waals surface area contributed by atoms with E-state index in [0.29, 0.717) is 11.6 Å². The molecule has 0 aliphatic carbocycles. The van der Waals surface area contributed by atoms with Crippen molar-refractivity contribution in [3.63, 3.8) is 0 Å². The molecule has 0 saturated carbocycles. The van der Waals surface area contributed by atoms with Gasteiger partial charge in [-0.15, -0.1) is 11.8 Å². The number of halogens is 1. The second kappa shape index (κ2) is 9.13. The van der Waals surface area contributed by atoms with Gasteiger partial charge in [-0.3, -0.25) is 10.1 Å². The predicted molar refractivity (Wildman–Crippen MR) is 141 cm³/mol. The molecule has 2 atom stereocenters. The highest BCUT2D eigenvalue weighted by atomic mass is 79.9. The molecule has 172 valence electrons. The molecular formula is C27H24BrN3O2S. The van der Waals surface area contributed by atoms with Crippen molar-refractivity contribution >= 4 is 44.3 Å². The van der Waals surface area contributed by atoms with Crippen LogP contribution in [0, 0.1) is 10.1 Å². The van der Waals surface area contributed by atoms with Gasteiger partial charge in [0.15, 0.2) is 0 Å². The summed E-state index contributed by atoms with van der Waals surface area (Å²) in [6, 6.07) is 24.8. The number of rotatable bonds is 7. The van der Waals surface area contributed by atoms with Crippen LogP contribution in [0.4, 0.5) is 5.69 Å². The van der Waals surface area contributed by atoms with Crippen molar-refractivity contribution in [1.82, 2.24) is 10.3 Å². The number of thioether (sulfide) groups is 1. The number of nitrogens with zero attached hydrogens (tertiary/aromatic N) is 2. The highest BCUT2D eigenvalue weighted by Crippen LogP contribution is 2.47. The molecule has 1 aromatic heterocycles. The third kappa shape index (κ3) is 4.48. The zero-order valence-electron chi connectivity index (χ0n) is 18.9. The lowest BCUT2D eigenvalue weighted by atomic mass is 9.81. The average Bonchev–Trinajstić information content (AvgIpc) is 3.69. The number of fused-ring (bicyclic) bond motifs is 1. The maximum Gasteiger partial charge on any atom is 0.292 e. The molecule has 0 spiro atoms. The van der Waals surface area contributed by atoms with Crippen LogP contribution in [0.25, 0.3) is 10.9 Å². The molecule has 5 rings (SSSR count). The van der Waals surface area contributed by atoms with Crippen LogP contribution in [-0.2, 0) is 5.41 Å². The lowest BCUT2D eigenvalue weighted by molar-refractivity contribution is -0.385. The maximum absolute atomic E-state index is 12.1. The summed E-state index contributed by atoms with van der Waals surface area (Å²) in [4.78, 5) is 17.3. The Kier molecular flexibility index (Phi) is 6.18. The van der Waals surface area contributed by atoms with Gasteiger partial charge in [0.05, 0.1) is 21.3 Å². The first-order valence-electron chi connectivity index (χ1n) is 11.1. The molecule has 0 amide bonds. The summed E-state index contributed by atoms with van der Waals surface area (Å²) >= 11 is 5.16. The summed E-state index contributed by atoms with van der Waals surface area (Å²) in [7, 11) is 0. The Morgan fingerprint density at radius 3 is 2.47 bits per heavy atom. The third-order valence-electron chi connectivity index (χ3n) is 6.54. The number of nitro groups is 1. The fourth-order valence-electron chi connectivity index (χ4n) is 4.38. The second-order valence-corrected chi connectivity index (χ2v) is 11.2. The molecule has 1 aliphatic rings. The van der Waals surface area contributed by atoms with Crippen molar-refractivity contribution in [2.24, 2.45) is 0 Å². The fraction of sp³-hybridized carbons (Fsp3) is 0.222. The molecule has 1 aliphatic heterocycles. The van der Waals surface area contributed by atoms with Gasteiger partial charge < -0.3 is 5.32 Å². The quantitative estimate of drug-likeness (QED) is 0.119.